The molecule has 0 spiro atoms. The van der Waals surface area contributed by atoms with E-state index in [4.69, 9.17) is 19.9 Å². The molecule has 13 nitrogen and oxygen atoms in total. The quantitative estimate of drug-likeness (QED) is 0.0856. The number of nitrogens with two attached hydrogens (primary N) is 1. The number of nitrogens with zero attached hydrogens (tertiary/aromatic N) is 4. The molecule has 0 amide bonds. The average Bonchev–Trinajstić information content (AvgIpc) is 3.43. The Kier molecular flexibility index (Phi) is 12.4. The second kappa shape index (κ2) is 16.4. The summed E-state index contributed by atoms with van der Waals surface area (Å²) in [5.41, 5.74) is 8.58. The summed E-state index contributed by atoms with van der Waals surface area (Å²) >= 11 is 0. The van der Waals surface area contributed by atoms with Gasteiger partial charge in [0.25, 0.3) is 0 Å². The standard InChI is InChI=1S/C32H42N7O6P/c1-22(2)44-31(40)26(17-24-11-7-5-8-12-24)37-46(42,21-43-16-15-39-20-36-28-29(33)34-19-35-30(28)39)38-27(32(41)45-23(3)4)18-25-13-9-6-10-14-25/h5-14,19-20,22-23,26-27H,15-18,21H2,1-4H3,(H2,33,34,35)(H2,37,38,42)/t26-,27-/m0/s1. The Labute approximate surface area is 268 Å². The number of hydrogen-bond acceptors (Lipinski definition) is 10. The number of fused-ring (bicyclic) bond motifs is 1. The summed E-state index contributed by atoms with van der Waals surface area (Å²) in [7, 11) is -3.86. The maximum Gasteiger partial charge on any atom is 0.324 e. The number of nitrogen functional groups attached to an aromatic ring is 1. The van der Waals surface area contributed by atoms with E-state index in [1.165, 1.54) is 6.33 Å². The largest absolute Gasteiger partial charge is 0.462 e. The van der Waals surface area contributed by atoms with Crippen LogP contribution in [0.2, 0.25) is 0 Å². The summed E-state index contributed by atoms with van der Waals surface area (Å²) in [6.45, 7) is 7.41. The van der Waals surface area contributed by atoms with Crippen molar-refractivity contribution < 1.29 is 28.4 Å². The SMILES string of the molecule is CC(C)OC(=O)[C@H](Cc1ccccc1)NP(=O)(COCCn1cnc2c(N)ncnc21)N[C@@H](Cc1ccccc1)C(=O)OC(C)C. The molecule has 0 aliphatic carbocycles. The number of nitrogens with one attached hydrogen (secondary N) is 2. The van der Waals surface area contributed by atoms with Gasteiger partial charge in [-0.2, -0.15) is 0 Å². The van der Waals surface area contributed by atoms with Gasteiger partial charge in [-0.3, -0.25) is 14.2 Å². The lowest BCUT2D eigenvalue weighted by atomic mass is 10.1. The van der Waals surface area contributed by atoms with Gasteiger partial charge in [-0.1, -0.05) is 60.7 Å². The van der Waals surface area contributed by atoms with Gasteiger partial charge in [0, 0.05) is 6.54 Å². The first kappa shape index (κ1) is 34.7. The van der Waals surface area contributed by atoms with Gasteiger partial charge in [0.2, 0.25) is 7.44 Å². The summed E-state index contributed by atoms with van der Waals surface area (Å²) in [5, 5.41) is 6.04. The van der Waals surface area contributed by atoms with Crippen molar-refractivity contribution in [1.82, 2.24) is 29.7 Å². The Morgan fingerprint density at radius 3 is 1.85 bits per heavy atom. The van der Waals surface area contributed by atoms with Crippen molar-refractivity contribution in [3.05, 3.63) is 84.4 Å². The number of hydrogen-bond donors (Lipinski definition) is 3. The number of esters is 2. The number of imidazole rings is 1. The van der Waals surface area contributed by atoms with Crippen LogP contribution in [0.25, 0.3) is 11.2 Å². The summed E-state index contributed by atoms with van der Waals surface area (Å²) in [6, 6.07) is 16.6. The third-order valence-corrected chi connectivity index (χ3v) is 8.75. The highest BCUT2D eigenvalue weighted by atomic mass is 31.2. The van der Waals surface area contributed by atoms with Gasteiger partial charge in [0.1, 0.15) is 30.3 Å². The van der Waals surface area contributed by atoms with E-state index in [0.717, 1.165) is 11.1 Å². The molecule has 2 aromatic heterocycles. The lowest BCUT2D eigenvalue weighted by molar-refractivity contribution is -0.150. The molecule has 0 saturated heterocycles. The second-order valence-electron chi connectivity index (χ2n) is 11.4. The van der Waals surface area contributed by atoms with Crippen LogP contribution in [-0.2, 0) is 47.8 Å². The molecule has 2 atom stereocenters. The van der Waals surface area contributed by atoms with Crippen LogP contribution in [0, 0.1) is 0 Å². The fourth-order valence-electron chi connectivity index (χ4n) is 4.73. The van der Waals surface area contributed by atoms with Crippen molar-refractivity contribution in [1.29, 1.82) is 0 Å². The second-order valence-corrected chi connectivity index (χ2v) is 13.6. The molecule has 246 valence electrons. The average molecular weight is 652 g/mol. The van der Waals surface area contributed by atoms with Crippen molar-refractivity contribution >= 4 is 36.4 Å². The molecule has 2 heterocycles. The molecule has 14 heteroatoms. The smallest absolute Gasteiger partial charge is 0.324 e. The molecule has 4 N–H and O–H groups in total. The molecular formula is C32H42N7O6P. The molecule has 4 rings (SSSR count). The maximum absolute atomic E-state index is 14.8. The van der Waals surface area contributed by atoms with E-state index in [2.05, 4.69) is 25.1 Å². The monoisotopic (exact) mass is 651 g/mol. The van der Waals surface area contributed by atoms with Gasteiger partial charge >= 0.3 is 11.9 Å². The lowest BCUT2D eigenvalue weighted by Crippen LogP contribution is -2.47. The van der Waals surface area contributed by atoms with E-state index in [9.17, 15) is 14.2 Å². The molecule has 0 saturated carbocycles. The highest BCUT2D eigenvalue weighted by Crippen LogP contribution is 2.39. The van der Waals surface area contributed by atoms with Crippen molar-refractivity contribution in [2.75, 3.05) is 18.7 Å². The number of carbonyl (C=O) groups excluding carboxylic acids is 2. The predicted octanol–water partition coefficient (Wildman–Crippen LogP) is 3.88. The van der Waals surface area contributed by atoms with E-state index in [0.29, 0.717) is 17.7 Å². The Bertz CT molecular complexity index is 1540. The zero-order chi connectivity index (χ0) is 33.1. The first-order valence-corrected chi connectivity index (χ1v) is 17.0. The summed E-state index contributed by atoms with van der Waals surface area (Å²) in [6.07, 6.45) is 2.17. The molecule has 0 fully saturated rings. The first-order chi connectivity index (χ1) is 22.0. The lowest BCUT2D eigenvalue weighted by Gasteiger charge is -2.29. The van der Waals surface area contributed by atoms with Crippen LogP contribution in [0.5, 0.6) is 0 Å². The molecule has 4 aromatic rings. The zero-order valence-electron chi connectivity index (χ0n) is 26.5. The zero-order valence-corrected chi connectivity index (χ0v) is 27.4. The number of carbonyl (C=O) groups is 2. The Morgan fingerprint density at radius 1 is 0.826 bits per heavy atom. The summed E-state index contributed by atoms with van der Waals surface area (Å²) < 4.78 is 33.6. The van der Waals surface area contributed by atoms with Crippen LogP contribution in [0.1, 0.15) is 38.8 Å². The number of ether oxygens (including phenoxy) is 3. The van der Waals surface area contributed by atoms with Gasteiger partial charge < -0.3 is 24.5 Å². The third kappa shape index (κ3) is 10.2. The molecule has 0 aliphatic rings. The molecule has 0 radical (unpaired) electrons. The molecule has 2 aromatic carbocycles. The van der Waals surface area contributed by atoms with Crippen molar-refractivity contribution in [2.24, 2.45) is 0 Å². The molecular weight excluding hydrogens is 609 g/mol. The molecule has 0 bridgehead atoms. The Balaban J connectivity index is 1.59. The molecule has 0 aliphatic heterocycles. The fraction of sp³-hybridized carbons (Fsp3) is 0.406. The van der Waals surface area contributed by atoms with Crippen LogP contribution in [0.15, 0.2) is 73.3 Å². The van der Waals surface area contributed by atoms with Crippen LogP contribution in [0.3, 0.4) is 0 Å². The highest BCUT2D eigenvalue weighted by molar-refractivity contribution is 7.59. The first-order valence-electron chi connectivity index (χ1n) is 15.2. The van der Waals surface area contributed by atoms with Gasteiger partial charge in [-0.05, 0) is 51.7 Å². The minimum absolute atomic E-state index is 0.113. The van der Waals surface area contributed by atoms with Crippen LogP contribution in [-0.4, -0.2) is 68.7 Å². The van der Waals surface area contributed by atoms with Crippen LogP contribution in [0.4, 0.5) is 5.82 Å². The number of aromatic nitrogens is 4. The number of rotatable bonds is 17. The highest BCUT2D eigenvalue weighted by Gasteiger charge is 2.36. The summed E-state index contributed by atoms with van der Waals surface area (Å²) in [4.78, 5) is 39.1. The molecule has 0 unspecified atom stereocenters. The molecule has 46 heavy (non-hydrogen) atoms. The maximum atomic E-state index is 14.8. The van der Waals surface area contributed by atoms with Gasteiger partial charge in [0.15, 0.2) is 11.5 Å². The van der Waals surface area contributed by atoms with Crippen molar-refractivity contribution in [3.63, 3.8) is 0 Å². The van der Waals surface area contributed by atoms with E-state index in [-0.39, 0.29) is 31.6 Å². The van der Waals surface area contributed by atoms with E-state index >= 15 is 0 Å². The minimum Gasteiger partial charge on any atom is -0.462 e. The van der Waals surface area contributed by atoms with E-state index in [1.54, 1.807) is 38.6 Å². The predicted molar refractivity (Wildman–Crippen MR) is 175 cm³/mol. The summed E-state index contributed by atoms with van der Waals surface area (Å²) in [5.74, 6) is -0.891. The van der Waals surface area contributed by atoms with Crippen molar-refractivity contribution in [2.45, 2.75) is 71.4 Å². The van der Waals surface area contributed by atoms with Crippen molar-refractivity contribution in [3.8, 4) is 0 Å². The van der Waals surface area contributed by atoms with Gasteiger partial charge in [-0.15, -0.1) is 0 Å². The number of anilines is 1. The topological polar surface area (TPSA) is 173 Å². The Morgan fingerprint density at radius 2 is 1.35 bits per heavy atom. The van der Waals surface area contributed by atoms with Crippen LogP contribution < -0.4 is 15.9 Å². The Hall–Kier alpha value is -4.16. The van der Waals surface area contributed by atoms with Crippen LogP contribution >= 0.6 is 7.44 Å². The van der Waals surface area contributed by atoms with Gasteiger partial charge in [0.05, 0.1) is 25.1 Å². The van der Waals surface area contributed by atoms with Gasteiger partial charge in [-0.25, -0.2) is 25.1 Å². The van der Waals surface area contributed by atoms with E-state index < -0.39 is 43.7 Å². The number of benzene rings is 2. The fourth-order valence-corrected chi connectivity index (χ4v) is 6.74. The third-order valence-electron chi connectivity index (χ3n) is 6.75. The van der Waals surface area contributed by atoms with E-state index in [1.807, 2.05) is 60.7 Å². The normalized spacial score (nSPS) is 13.2. The minimum atomic E-state index is -3.86.